The molecule has 1 aliphatic heterocycles. The van der Waals surface area contributed by atoms with Gasteiger partial charge in [0.05, 0.1) is 11.3 Å². The van der Waals surface area contributed by atoms with Gasteiger partial charge in [-0.25, -0.2) is 4.68 Å². The Labute approximate surface area is 193 Å². The highest BCUT2D eigenvalue weighted by molar-refractivity contribution is 6.44. The quantitative estimate of drug-likeness (QED) is 0.448. The molecule has 33 heavy (non-hydrogen) atoms. The summed E-state index contributed by atoms with van der Waals surface area (Å²) in [5.41, 5.74) is 2.62. The van der Waals surface area contributed by atoms with Crippen LogP contribution >= 0.6 is 0 Å². The smallest absolute Gasteiger partial charge is 0.294 e. The Kier molecular flexibility index (Phi) is 6.14. The van der Waals surface area contributed by atoms with E-state index >= 15 is 0 Å². The van der Waals surface area contributed by atoms with E-state index in [1.165, 1.54) is 9.58 Å². The molecule has 4 rings (SSSR count). The van der Waals surface area contributed by atoms with E-state index in [0.29, 0.717) is 24.3 Å². The number of rotatable bonds is 7. The number of amides is 2. The van der Waals surface area contributed by atoms with Gasteiger partial charge in [-0.1, -0.05) is 45.9 Å². The van der Waals surface area contributed by atoms with Gasteiger partial charge in [-0.2, -0.15) is 4.57 Å². The second-order valence-electron chi connectivity index (χ2n) is 8.49. The molecule has 170 valence electrons. The van der Waals surface area contributed by atoms with Gasteiger partial charge < -0.3 is 0 Å². The number of hydrogen-bond donors (Lipinski definition) is 1. The number of pyridine rings is 1. The second-order valence-corrected chi connectivity index (χ2v) is 8.49. The van der Waals surface area contributed by atoms with E-state index in [4.69, 9.17) is 0 Å². The highest BCUT2D eigenvalue weighted by Gasteiger charge is 2.47. The van der Waals surface area contributed by atoms with Crippen LogP contribution in [-0.4, -0.2) is 33.0 Å². The zero-order valence-corrected chi connectivity index (χ0v) is 19.5. The van der Waals surface area contributed by atoms with Crippen molar-refractivity contribution < 1.29 is 14.2 Å². The first-order valence-electron chi connectivity index (χ1n) is 11.4. The van der Waals surface area contributed by atoms with Crippen LogP contribution in [0.1, 0.15) is 56.9 Å². The molecule has 7 heteroatoms. The zero-order valence-electron chi connectivity index (χ0n) is 19.5. The van der Waals surface area contributed by atoms with Crippen molar-refractivity contribution in [3.8, 4) is 5.69 Å². The largest absolute Gasteiger partial charge is 0.326 e. The molecule has 3 heterocycles. The van der Waals surface area contributed by atoms with Crippen molar-refractivity contribution in [2.45, 2.75) is 46.5 Å². The Bertz CT molecular complexity index is 1300. The molecular weight excluding hydrogens is 416 g/mol. The molecule has 3 aromatic rings. The fourth-order valence-corrected chi connectivity index (χ4v) is 4.20. The lowest BCUT2D eigenvalue weighted by Crippen LogP contribution is -2.40. The predicted molar refractivity (Wildman–Crippen MR) is 127 cm³/mol. The standard InChI is InChI=1S/C26H28N4O3/c1-5-14-29-24(31)21(23(26(29)33)28-15-10-11-18(6-2)16-28)20-22(17(3)4)27-30(25(20)32)19-12-8-7-9-13-19/h7-13,15-17H,5-6,14H2,1-4H3/p+1. The van der Waals surface area contributed by atoms with E-state index in [2.05, 4.69) is 5.10 Å². The first kappa shape index (κ1) is 22.5. The van der Waals surface area contributed by atoms with Gasteiger partial charge in [0.25, 0.3) is 17.2 Å². The molecule has 1 N–H and O–H groups in total. The van der Waals surface area contributed by atoms with Crippen LogP contribution in [0.15, 0.2) is 59.7 Å². The van der Waals surface area contributed by atoms with E-state index in [0.717, 1.165) is 12.0 Å². The first-order valence-corrected chi connectivity index (χ1v) is 11.4. The number of H-pyrrole nitrogens is 1. The average molecular weight is 446 g/mol. The predicted octanol–water partition coefficient (Wildman–Crippen LogP) is 3.29. The van der Waals surface area contributed by atoms with Crippen molar-refractivity contribution in [2.75, 3.05) is 6.54 Å². The van der Waals surface area contributed by atoms with Gasteiger partial charge in [0.15, 0.2) is 12.4 Å². The number of benzene rings is 1. The number of imide groups is 1. The number of carbonyl (C=O) groups is 2. The minimum atomic E-state index is -0.426. The van der Waals surface area contributed by atoms with Gasteiger partial charge in [0.1, 0.15) is 5.57 Å². The molecule has 0 radical (unpaired) electrons. The summed E-state index contributed by atoms with van der Waals surface area (Å²) >= 11 is 0. The van der Waals surface area contributed by atoms with E-state index in [1.807, 2.05) is 76.4 Å². The van der Waals surface area contributed by atoms with Gasteiger partial charge >= 0.3 is 5.91 Å². The number of hydrogen-bond acceptors (Lipinski definition) is 3. The Morgan fingerprint density at radius 3 is 2.33 bits per heavy atom. The fraction of sp³-hybridized carbons (Fsp3) is 0.308. The molecule has 0 fully saturated rings. The van der Waals surface area contributed by atoms with Crippen LogP contribution in [-0.2, 0) is 16.0 Å². The van der Waals surface area contributed by atoms with Crippen LogP contribution in [0.4, 0.5) is 0 Å². The van der Waals surface area contributed by atoms with E-state index in [-0.39, 0.29) is 34.2 Å². The summed E-state index contributed by atoms with van der Waals surface area (Å²) in [7, 11) is 0. The summed E-state index contributed by atoms with van der Waals surface area (Å²) in [6.07, 6.45) is 5.03. The second kappa shape index (κ2) is 9.02. The number of carbonyl (C=O) groups excluding carboxylic acids is 2. The Hall–Kier alpha value is -3.74. The number of aromatic amines is 1. The van der Waals surface area contributed by atoms with E-state index < -0.39 is 5.91 Å². The summed E-state index contributed by atoms with van der Waals surface area (Å²) in [6, 6.07) is 13.0. The van der Waals surface area contributed by atoms with Crippen LogP contribution in [0.2, 0.25) is 0 Å². The number of aromatic nitrogens is 3. The van der Waals surface area contributed by atoms with Crippen molar-refractivity contribution in [3.05, 3.63) is 82.0 Å². The molecule has 2 aromatic heterocycles. The maximum absolute atomic E-state index is 13.7. The highest BCUT2D eigenvalue weighted by Crippen LogP contribution is 2.32. The molecular formula is C26H29N4O3+. The molecule has 0 atom stereocenters. The Morgan fingerprint density at radius 2 is 1.70 bits per heavy atom. The van der Waals surface area contributed by atoms with E-state index in [1.54, 1.807) is 10.8 Å². The molecule has 0 unspecified atom stereocenters. The monoisotopic (exact) mass is 445 g/mol. The van der Waals surface area contributed by atoms with Crippen LogP contribution in [0.25, 0.3) is 17.0 Å². The molecule has 7 nitrogen and oxygen atoms in total. The number of para-hydroxylation sites is 1. The third-order valence-corrected chi connectivity index (χ3v) is 5.88. The molecule has 0 bridgehead atoms. The summed E-state index contributed by atoms with van der Waals surface area (Å²) in [5, 5.41) is 3.20. The van der Waals surface area contributed by atoms with Crippen LogP contribution in [0.3, 0.4) is 0 Å². The van der Waals surface area contributed by atoms with Crippen LogP contribution in [0, 0.1) is 0 Å². The van der Waals surface area contributed by atoms with Gasteiger partial charge in [0, 0.05) is 23.9 Å². The van der Waals surface area contributed by atoms with Gasteiger partial charge in [0.2, 0.25) is 0 Å². The third-order valence-electron chi connectivity index (χ3n) is 5.88. The topological polar surface area (TPSA) is 79.1 Å². The first-order chi connectivity index (χ1) is 15.9. The van der Waals surface area contributed by atoms with Crippen LogP contribution < -0.4 is 10.1 Å². The SMILES string of the molecule is CCCN1C(=O)C(c2c(C(C)C)[nH]n(-c3ccccc3)c2=O)=C([n+]2cccc(CC)c2)C1=O. The lowest BCUT2D eigenvalue weighted by molar-refractivity contribution is -0.577. The molecule has 0 saturated carbocycles. The van der Waals surface area contributed by atoms with Crippen molar-refractivity contribution in [2.24, 2.45) is 0 Å². The van der Waals surface area contributed by atoms with Gasteiger partial charge in [-0.05, 0) is 37.0 Å². The molecule has 0 aliphatic carbocycles. The molecule has 1 aromatic carbocycles. The molecule has 0 spiro atoms. The molecule has 1 aliphatic rings. The number of nitrogens with zero attached hydrogens (tertiary/aromatic N) is 3. The zero-order chi connectivity index (χ0) is 23.7. The van der Waals surface area contributed by atoms with Crippen molar-refractivity contribution >= 4 is 23.1 Å². The van der Waals surface area contributed by atoms with E-state index in [9.17, 15) is 14.4 Å². The van der Waals surface area contributed by atoms with Crippen molar-refractivity contribution in [1.82, 2.24) is 14.7 Å². The lowest BCUT2D eigenvalue weighted by Gasteiger charge is -2.12. The van der Waals surface area contributed by atoms with Gasteiger partial charge in [-0.15, -0.1) is 0 Å². The minimum Gasteiger partial charge on any atom is -0.294 e. The summed E-state index contributed by atoms with van der Waals surface area (Å²) in [5.74, 6) is -0.873. The van der Waals surface area contributed by atoms with Crippen LogP contribution in [0.5, 0.6) is 0 Å². The number of nitrogens with one attached hydrogen (secondary N) is 1. The maximum Gasteiger partial charge on any atom is 0.326 e. The minimum absolute atomic E-state index is 0.0680. The van der Waals surface area contributed by atoms with Crippen molar-refractivity contribution in [3.63, 3.8) is 0 Å². The Balaban J connectivity index is 2.04. The maximum atomic E-state index is 13.7. The summed E-state index contributed by atoms with van der Waals surface area (Å²) in [6.45, 7) is 8.16. The van der Waals surface area contributed by atoms with Gasteiger partial charge in [-0.3, -0.25) is 24.4 Å². The average Bonchev–Trinajstić information content (AvgIpc) is 3.28. The molecule has 0 saturated heterocycles. The highest BCUT2D eigenvalue weighted by atomic mass is 16.2. The normalized spacial score (nSPS) is 14.2. The fourth-order valence-electron chi connectivity index (χ4n) is 4.20. The summed E-state index contributed by atoms with van der Waals surface area (Å²) < 4.78 is 3.14. The third kappa shape index (κ3) is 3.84. The Morgan fingerprint density at radius 1 is 0.970 bits per heavy atom. The number of aryl methyl sites for hydroxylation is 1. The summed E-state index contributed by atoms with van der Waals surface area (Å²) in [4.78, 5) is 42.0. The lowest BCUT2D eigenvalue weighted by atomic mass is 9.98. The molecule has 2 amide bonds. The van der Waals surface area contributed by atoms with Crippen molar-refractivity contribution in [1.29, 1.82) is 0 Å².